The molecule has 24 heavy (non-hydrogen) atoms. The molecule has 1 atom stereocenters. The predicted octanol–water partition coefficient (Wildman–Crippen LogP) is 3.44. The number of nitrogens with zero attached hydrogens (tertiary/aromatic N) is 4. The fraction of sp³-hybridized carbons (Fsp3) is 0.556. The van der Waals surface area contributed by atoms with Crippen LogP contribution in [0.5, 0.6) is 0 Å². The third kappa shape index (κ3) is 2.05. The van der Waals surface area contributed by atoms with Gasteiger partial charge in [-0.25, -0.2) is 0 Å². The predicted molar refractivity (Wildman–Crippen MR) is 96.3 cm³/mol. The highest BCUT2D eigenvalue weighted by molar-refractivity contribution is 7.10. The van der Waals surface area contributed by atoms with E-state index in [1.165, 1.54) is 47.5 Å². The Labute approximate surface area is 146 Å². The van der Waals surface area contributed by atoms with Crippen LogP contribution < -0.4 is 5.43 Å². The molecule has 0 aromatic carbocycles. The number of rotatable bonds is 3. The highest BCUT2D eigenvalue weighted by Gasteiger charge is 2.39. The van der Waals surface area contributed by atoms with Gasteiger partial charge < -0.3 is 4.90 Å². The molecule has 0 saturated heterocycles. The number of fused-ring (bicyclic) bond motifs is 3. The number of amidine groups is 1. The van der Waals surface area contributed by atoms with E-state index in [0.29, 0.717) is 6.04 Å². The molecule has 0 amide bonds. The molecule has 0 radical (unpaired) electrons. The van der Waals surface area contributed by atoms with Crippen LogP contribution in [-0.2, 0) is 12.8 Å². The van der Waals surface area contributed by atoms with Gasteiger partial charge >= 0.3 is 0 Å². The van der Waals surface area contributed by atoms with Crippen molar-refractivity contribution in [2.75, 3.05) is 6.54 Å². The molecule has 2 aromatic rings. The topological polar surface area (TPSA) is 45.5 Å². The third-order valence-corrected chi connectivity index (χ3v) is 6.53. The van der Waals surface area contributed by atoms with Gasteiger partial charge in [0.15, 0.2) is 12.0 Å². The summed E-state index contributed by atoms with van der Waals surface area (Å²) in [6.07, 6.45) is 7.44. The molecule has 0 spiro atoms. The lowest BCUT2D eigenvalue weighted by Crippen LogP contribution is -2.39. The maximum absolute atomic E-state index is 5.02. The van der Waals surface area contributed by atoms with Crippen molar-refractivity contribution in [1.82, 2.24) is 20.1 Å². The van der Waals surface area contributed by atoms with Gasteiger partial charge in [0, 0.05) is 17.0 Å². The maximum Gasteiger partial charge on any atom is 0.176 e. The van der Waals surface area contributed by atoms with Gasteiger partial charge in [0.25, 0.3) is 0 Å². The minimum absolute atomic E-state index is 0.185. The smallest absolute Gasteiger partial charge is 0.176 e. The van der Waals surface area contributed by atoms with Crippen LogP contribution in [0.3, 0.4) is 0 Å². The van der Waals surface area contributed by atoms with Crippen molar-refractivity contribution in [2.45, 2.75) is 57.7 Å². The lowest BCUT2D eigenvalue weighted by molar-refractivity contribution is 0.306. The summed E-state index contributed by atoms with van der Waals surface area (Å²) >= 11 is 1.80. The molecule has 1 fully saturated rings. The first-order valence-electron chi connectivity index (χ1n) is 9.10. The summed E-state index contributed by atoms with van der Waals surface area (Å²) in [6.45, 7) is 3.24. The number of thiophene rings is 1. The summed E-state index contributed by atoms with van der Waals surface area (Å²) in [6, 6.07) is 4.87. The number of aryl methyl sites for hydroxylation is 1. The normalized spacial score (nSPS) is 23.1. The molecule has 1 unspecified atom stereocenters. The zero-order chi connectivity index (χ0) is 16.1. The Morgan fingerprint density at radius 3 is 2.96 bits per heavy atom. The van der Waals surface area contributed by atoms with Crippen molar-refractivity contribution in [3.8, 4) is 0 Å². The summed E-state index contributed by atoms with van der Waals surface area (Å²) in [5.41, 5.74) is 7.37. The number of aromatic nitrogens is 2. The summed E-state index contributed by atoms with van der Waals surface area (Å²) in [7, 11) is 0. The maximum atomic E-state index is 5.02. The average molecular weight is 341 g/mol. The van der Waals surface area contributed by atoms with Crippen LogP contribution in [0.25, 0.3) is 0 Å². The van der Waals surface area contributed by atoms with E-state index in [0.717, 1.165) is 25.2 Å². The quantitative estimate of drug-likeness (QED) is 0.930. The zero-order valence-electron chi connectivity index (χ0n) is 14.0. The highest BCUT2D eigenvalue weighted by atomic mass is 32.1. The second-order valence-electron chi connectivity index (χ2n) is 6.94. The summed E-state index contributed by atoms with van der Waals surface area (Å²) < 4.78 is 2.32. The van der Waals surface area contributed by atoms with E-state index in [2.05, 4.69) is 39.4 Å². The van der Waals surface area contributed by atoms with Gasteiger partial charge in [0.1, 0.15) is 5.69 Å². The SMILES string of the molecule is CCc1nn(C2CCCC2)c2c1CCN1C2=NNC1c1cccs1. The zero-order valence-corrected chi connectivity index (χ0v) is 14.9. The van der Waals surface area contributed by atoms with Gasteiger partial charge in [0.05, 0.1) is 11.7 Å². The van der Waals surface area contributed by atoms with Crippen molar-refractivity contribution in [3.63, 3.8) is 0 Å². The first-order valence-corrected chi connectivity index (χ1v) is 9.98. The Morgan fingerprint density at radius 2 is 2.21 bits per heavy atom. The number of hydrogen-bond acceptors (Lipinski definition) is 5. The molecule has 2 aliphatic heterocycles. The average Bonchev–Trinajstić information content (AvgIpc) is 3.38. The largest absolute Gasteiger partial charge is 0.327 e. The van der Waals surface area contributed by atoms with Crippen molar-refractivity contribution in [2.24, 2.45) is 5.10 Å². The van der Waals surface area contributed by atoms with Crippen molar-refractivity contribution in [1.29, 1.82) is 0 Å². The molecule has 1 saturated carbocycles. The Kier molecular flexibility index (Phi) is 3.40. The van der Waals surface area contributed by atoms with Gasteiger partial charge in [-0.2, -0.15) is 10.2 Å². The van der Waals surface area contributed by atoms with Crippen LogP contribution in [0.4, 0.5) is 0 Å². The highest BCUT2D eigenvalue weighted by Crippen LogP contribution is 2.37. The van der Waals surface area contributed by atoms with Crippen LogP contribution in [0.2, 0.25) is 0 Å². The van der Waals surface area contributed by atoms with Crippen LogP contribution in [0.1, 0.15) is 66.6 Å². The Hall–Kier alpha value is -1.82. The first kappa shape index (κ1) is 14.5. The second kappa shape index (κ2) is 5.62. The molecule has 1 N–H and O–H groups in total. The molecule has 0 bridgehead atoms. The molecule has 3 aliphatic rings. The fourth-order valence-electron chi connectivity index (χ4n) is 4.41. The van der Waals surface area contributed by atoms with Crippen molar-refractivity contribution < 1.29 is 0 Å². The number of nitrogens with one attached hydrogen (secondary N) is 1. The van der Waals surface area contributed by atoms with Crippen molar-refractivity contribution in [3.05, 3.63) is 39.3 Å². The van der Waals surface area contributed by atoms with E-state index in [1.54, 1.807) is 11.3 Å². The van der Waals surface area contributed by atoms with E-state index in [4.69, 9.17) is 10.2 Å². The van der Waals surface area contributed by atoms with Gasteiger partial charge in [-0.1, -0.05) is 25.8 Å². The van der Waals surface area contributed by atoms with E-state index in [-0.39, 0.29) is 6.17 Å². The summed E-state index contributed by atoms with van der Waals surface area (Å²) in [5.74, 6) is 1.11. The minimum atomic E-state index is 0.185. The lowest BCUT2D eigenvalue weighted by Gasteiger charge is -2.31. The lowest BCUT2D eigenvalue weighted by atomic mass is 10.0. The standard InChI is InChI=1S/C18H23N5S/c1-2-14-13-9-10-22-17(15-8-5-11-24-15)19-20-18(22)16(13)23(21-14)12-6-3-4-7-12/h5,8,11-12,17,19H,2-4,6-7,9-10H2,1H3. The Bertz CT molecular complexity index is 770. The van der Waals surface area contributed by atoms with E-state index in [1.807, 2.05) is 0 Å². The second-order valence-corrected chi connectivity index (χ2v) is 7.92. The molecular weight excluding hydrogens is 318 g/mol. The Morgan fingerprint density at radius 1 is 1.33 bits per heavy atom. The van der Waals surface area contributed by atoms with Crippen LogP contribution in [0.15, 0.2) is 22.6 Å². The van der Waals surface area contributed by atoms with E-state index in [9.17, 15) is 0 Å². The van der Waals surface area contributed by atoms with Crippen LogP contribution in [0, 0.1) is 0 Å². The Balaban J connectivity index is 1.57. The van der Waals surface area contributed by atoms with E-state index < -0.39 is 0 Å². The number of hydrazone groups is 1. The van der Waals surface area contributed by atoms with Crippen molar-refractivity contribution >= 4 is 17.2 Å². The van der Waals surface area contributed by atoms with Crippen LogP contribution >= 0.6 is 11.3 Å². The van der Waals surface area contributed by atoms with Gasteiger partial charge in [0.2, 0.25) is 0 Å². The molecule has 6 heteroatoms. The molecule has 2 aromatic heterocycles. The molecular formula is C18H23N5S. The molecule has 126 valence electrons. The first-order chi connectivity index (χ1) is 11.9. The molecule has 5 rings (SSSR count). The van der Waals surface area contributed by atoms with E-state index >= 15 is 0 Å². The third-order valence-electron chi connectivity index (χ3n) is 5.60. The molecule has 5 nitrogen and oxygen atoms in total. The fourth-order valence-corrected chi connectivity index (χ4v) is 5.19. The molecule has 4 heterocycles. The van der Waals surface area contributed by atoms with Gasteiger partial charge in [-0.05, 0) is 37.1 Å². The summed E-state index contributed by atoms with van der Waals surface area (Å²) in [5, 5.41) is 11.9. The number of hydrogen-bond donors (Lipinski definition) is 1. The monoisotopic (exact) mass is 341 g/mol. The molecule has 1 aliphatic carbocycles. The van der Waals surface area contributed by atoms with Gasteiger partial charge in [-0.3, -0.25) is 10.1 Å². The van der Waals surface area contributed by atoms with Gasteiger partial charge in [-0.15, -0.1) is 11.3 Å². The summed E-state index contributed by atoms with van der Waals surface area (Å²) in [4.78, 5) is 3.76. The van der Waals surface area contributed by atoms with Crippen LogP contribution in [-0.4, -0.2) is 27.1 Å². The minimum Gasteiger partial charge on any atom is -0.327 e.